The van der Waals surface area contributed by atoms with Crippen LogP contribution >= 0.6 is 23.6 Å². The fraction of sp³-hybridized carbons (Fsp3) is 0.333. The molecule has 2 N–H and O–H groups in total. The quantitative estimate of drug-likeness (QED) is 0.833. The molecule has 0 atom stereocenters. The van der Waals surface area contributed by atoms with Crippen molar-refractivity contribution in [1.29, 1.82) is 0 Å². The van der Waals surface area contributed by atoms with E-state index in [4.69, 9.17) is 18.0 Å². The highest BCUT2D eigenvalue weighted by atomic mass is 32.1. The van der Waals surface area contributed by atoms with Crippen LogP contribution in [0.4, 0.5) is 0 Å². The molecule has 0 aliphatic heterocycles. The Bertz CT molecular complexity index is 591. The van der Waals surface area contributed by atoms with Crippen LogP contribution in [0.2, 0.25) is 0 Å². The summed E-state index contributed by atoms with van der Waals surface area (Å²) < 4.78 is 0. The van der Waals surface area contributed by atoms with Crippen LogP contribution in [0.5, 0.6) is 0 Å². The maximum absolute atomic E-state index is 5.65. The standard InChI is InChI=1S/C15H17N3S2/c16-15(19)14-7-11(3-5-17-14)8-18(13-1-2-13)9-12-4-6-20-10-12/h3-7,10,13H,1-2,8-9H2,(H2,16,19). The predicted octanol–water partition coefficient (Wildman–Crippen LogP) is 2.94. The highest BCUT2D eigenvalue weighted by Crippen LogP contribution is 2.30. The molecule has 1 saturated carbocycles. The smallest absolute Gasteiger partial charge is 0.122 e. The van der Waals surface area contributed by atoms with Crippen molar-refractivity contribution in [3.8, 4) is 0 Å². The highest BCUT2D eigenvalue weighted by molar-refractivity contribution is 7.80. The molecule has 1 aliphatic rings. The number of nitrogens with zero attached hydrogens (tertiary/aromatic N) is 2. The van der Waals surface area contributed by atoms with Crippen molar-refractivity contribution in [3.05, 3.63) is 52.0 Å². The minimum Gasteiger partial charge on any atom is -0.388 e. The average Bonchev–Trinajstić information content (AvgIpc) is 3.17. The Kier molecular flexibility index (Phi) is 4.10. The van der Waals surface area contributed by atoms with E-state index in [0.29, 0.717) is 10.7 Å². The molecule has 2 aromatic heterocycles. The minimum atomic E-state index is 0.364. The van der Waals surface area contributed by atoms with E-state index in [1.807, 2.05) is 12.1 Å². The van der Waals surface area contributed by atoms with Gasteiger partial charge < -0.3 is 5.73 Å². The van der Waals surface area contributed by atoms with Gasteiger partial charge in [0.15, 0.2) is 0 Å². The summed E-state index contributed by atoms with van der Waals surface area (Å²) in [6, 6.07) is 6.97. The van der Waals surface area contributed by atoms with Crippen LogP contribution in [0.1, 0.15) is 29.7 Å². The second-order valence-electron chi connectivity index (χ2n) is 5.18. The average molecular weight is 303 g/mol. The lowest BCUT2D eigenvalue weighted by molar-refractivity contribution is 0.246. The van der Waals surface area contributed by atoms with E-state index in [9.17, 15) is 0 Å². The summed E-state index contributed by atoms with van der Waals surface area (Å²) in [6.07, 6.45) is 4.40. The number of thiophene rings is 1. The number of thiocarbonyl (C=S) groups is 1. The van der Waals surface area contributed by atoms with E-state index in [1.165, 1.54) is 24.0 Å². The van der Waals surface area contributed by atoms with Gasteiger partial charge in [-0.15, -0.1) is 0 Å². The van der Waals surface area contributed by atoms with Gasteiger partial charge in [-0.05, 0) is 52.9 Å². The predicted molar refractivity (Wildman–Crippen MR) is 86.7 cm³/mol. The number of nitrogens with two attached hydrogens (primary N) is 1. The maximum atomic E-state index is 5.65. The number of aromatic nitrogens is 1. The summed E-state index contributed by atoms with van der Waals surface area (Å²) >= 11 is 6.75. The largest absolute Gasteiger partial charge is 0.388 e. The van der Waals surface area contributed by atoms with E-state index in [2.05, 4.69) is 26.7 Å². The van der Waals surface area contributed by atoms with Gasteiger partial charge in [0, 0.05) is 25.3 Å². The zero-order chi connectivity index (χ0) is 13.9. The Morgan fingerprint density at radius 2 is 2.15 bits per heavy atom. The molecular weight excluding hydrogens is 286 g/mol. The SMILES string of the molecule is NC(=S)c1cc(CN(Cc2ccsc2)C2CC2)ccn1. The third-order valence-electron chi connectivity index (χ3n) is 3.49. The first kappa shape index (κ1) is 13.7. The van der Waals surface area contributed by atoms with Crippen molar-refractivity contribution in [2.45, 2.75) is 32.0 Å². The lowest BCUT2D eigenvalue weighted by Gasteiger charge is -2.21. The Balaban J connectivity index is 1.73. The molecule has 104 valence electrons. The molecule has 0 saturated heterocycles. The van der Waals surface area contributed by atoms with E-state index >= 15 is 0 Å². The molecule has 3 nitrogen and oxygen atoms in total. The third-order valence-corrected chi connectivity index (χ3v) is 4.43. The van der Waals surface area contributed by atoms with Gasteiger partial charge in [-0.1, -0.05) is 12.2 Å². The van der Waals surface area contributed by atoms with Crippen LogP contribution in [0.15, 0.2) is 35.2 Å². The summed E-state index contributed by atoms with van der Waals surface area (Å²) in [6.45, 7) is 1.94. The van der Waals surface area contributed by atoms with Gasteiger partial charge in [0.2, 0.25) is 0 Å². The molecule has 3 rings (SSSR count). The normalized spacial score (nSPS) is 14.7. The maximum Gasteiger partial charge on any atom is 0.122 e. The second-order valence-corrected chi connectivity index (χ2v) is 6.40. The topological polar surface area (TPSA) is 42.1 Å². The van der Waals surface area contributed by atoms with Crippen molar-refractivity contribution in [2.24, 2.45) is 5.73 Å². The Morgan fingerprint density at radius 3 is 2.80 bits per heavy atom. The van der Waals surface area contributed by atoms with Crippen LogP contribution in [-0.2, 0) is 13.1 Å². The summed E-state index contributed by atoms with van der Waals surface area (Å²) in [7, 11) is 0. The van der Waals surface area contributed by atoms with Gasteiger partial charge in [-0.25, -0.2) is 0 Å². The number of hydrogen-bond acceptors (Lipinski definition) is 4. The Labute approximate surface area is 128 Å². The van der Waals surface area contributed by atoms with E-state index in [1.54, 1.807) is 17.5 Å². The first-order chi connectivity index (χ1) is 9.72. The van der Waals surface area contributed by atoms with E-state index in [0.717, 1.165) is 19.1 Å². The van der Waals surface area contributed by atoms with Crippen molar-refractivity contribution < 1.29 is 0 Å². The van der Waals surface area contributed by atoms with Gasteiger partial charge in [-0.3, -0.25) is 9.88 Å². The first-order valence-electron chi connectivity index (χ1n) is 6.72. The van der Waals surface area contributed by atoms with Crippen molar-refractivity contribution in [3.63, 3.8) is 0 Å². The zero-order valence-electron chi connectivity index (χ0n) is 11.2. The van der Waals surface area contributed by atoms with Crippen LogP contribution in [0.25, 0.3) is 0 Å². The van der Waals surface area contributed by atoms with Gasteiger partial charge in [0.05, 0.1) is 5.69 Å². The molecule has 0 spiro atoms. The van der Waals surface area contributed by atoms with Gasteiger partial charge in [0.1, 0.15) is 4.99 Å². The summed E-state index contributed by atoms with van der Waals surface area (Å²) in [5, 5.41) is 4.36. The Hall–Kier alpha value is -1.30. The van der Waals surface area contributed by atoms with Crippen molar-refractivity contribution >= 4 is 28.5 Å². The lowest BCUT2D eigenvalue weighted by Crippen LogP contribution is -2.25. The number of rotatable bonds is 6. The zero-order valence-corrected chi connectivity index (χ0v) is 12.8. The monoisotopic (exact) mass is 303 g/mol. The fourth-order valence-corrected chi connectivity index (χ4v) is 3.08. The lowest BCUT2D eigenvalue weighted by atomic mass is 10.2. The van der Waals surface area contributed by atoms with Crippen LogP contribution in [0.3, 0.4) is 0 Å². The van der Waals surface area contributed by atoms with Crippen molar-refractivity contribution in [2.75, 3.05) is 0 Å². The van der Waals surface area contributed by atoms with E-state index in [-0.39, 0.29) is 0 Å². The van der Waals surface area contributed by atoms with Crippen LogP contribution in [0, 0.1) is 0 Å². The minimum absolute atomic E-state index is 0.364. The van der Waals surface area contributed by atoms with Crippen LogP contribution < -0.4 is 5.73 Å². The molecule has 0 bridgehead atoms. The molecule has 2 aromatic rings. The molecule has 2 heterocycles. The first-order valence-corrected chi connectivity index (χ1v) is 8.07. The van der Waals surface area contributed by atoms with Crippen LogP contribution in [-0.4, -0.2) is 20.9 Å². The van der Waals surface area contributed by atoms with E-state index < -0.39 is 0 Å². The third kappa shape index (κ3) is 3.42. The molecule has 1 fully saturated rings. The molecule has 0 unspecified atom stereocenters. The number of pyridine rings is 1. The summed E-state index contributed by atoms with van der Waals surface area (Å²) in [4.78, 5) is 7.09. The van der Waals surface area contributed by atoms with Gasteiger partial charge >= 0.3 is 0 Å². The summed E-state index contributed by atoms with van der Waals surface area (Å²) in [5.41, 5.74) is 8.98. The molecular formula is C15H17N3S2. The Morgan fingerprint density at radius 1 is 1.35 bits per heavy atom. The number of hydrogen-bond donors (Lipinski definition) is 1. The molecule has 0 radical (unpaired) electrons. The van der Waals surface area contributed by atoms with Gasteiger partial charge in [0.25, 0.3) is 0 Å². The molecule has 20 heavy (non-hydrogen) atoms. The second kappa shape index (κ2) is 5.99. The summed E-state index contributed by atoms with van der Waals surface area (Å²) in [5.74, 6) is 0. The van der Waals surface area contributed by atoms with Gasteiger partial charge in [-0.2, -0.15) is 11.3 Å². The molecule has 1 aliphatic carbocycles. The molecule has 0 amide bonds. The molecule has 0 aromatic carbocycles. The van der Waals surface area contributed by atoms with Crippen molar-refractivity contribution in [1.82, 2.24) is 9.88 Å². The fourth-order valence-electron chi connectivity index (χ4n) is 2.31. The highest BCUT2D eigenvalue weighted by Gasteiger charge is 2.29. The molecule has 5 heteroatoms.